The molecule has 1 atom stereocenters. The quantitative estimate of drug-likeness (QED) is 0.285. The van der Waals surface area contributed by atoms with Gasteiger partial charge >= 0.3 is 0 Å². The van der Waals surface area contributed by atoms with Crippen LogP contribution in [0.2, 0.25) is 0 Å². The first-order chi connectivity index (χ1) is 15.7. The summed E-state index contributed by atoms with van der Waals surface area (Å²) in [4.78, 5) is 27.8. The molecule has 0 spiro atoms. The van der Waals surface area contributed by atoms with Crippen molar-refractivity contribution >= 4 is 28.2 Å². The van der Waals surface area contributed by atoms with E-state index in [1.807, 2.05) is 60.7 Å². The number of benzene rings is 3. The van der Waals surface area contributed by atoms with Gasteiger partial charge in [0.15, 0.2) is 0 Å². The number of nitrogens with zero attached hydrogens (tertiary/aromatic N) is 1. The van der Waals surface area contributed by atoms with E-state index in [0.29, 0.717) is 12.1 Å². The average Bonchev–Trinajstić information content (AvgIpc) is 3.06. The Morgan fingerprint density at radius 3 is 2.24 bits per heavy atom. The SMILES string of the molecule is CCCCN1C(=O)C(=O)/C(=C(\O)c2ccc3ccccc3c2)C1c1ccc(C(C)(C)C)cc1. The smallest absolute Gasteiger partial charge is 0.295 e. The number of amides is 1. The standard InChI is InChI=1S/C29H31NO3/c1-5-6-17-30-25(20-13-15-23(16-14-20)29(2,3)4)24(27(32)28(30)33)26(31)22-12-11-19-9-7-8-10-21(19)18-22/h7-16,18,25,31H,5-6,17H2,1-4H3/b26-24-. The molecule has 4 nitrogen and oxygen atoms in total. The van der Waals surface area contributed by atoms with Crippen LogP contribution in [-0.4, -0.2) is 28.2 Å². The number of rotatable bonds is 5. The second kappa shape index (κ2) is 8.86. The summed E-state index contributed by atoms with van der Waals surface area (Å²) < 4.78 is 0. The zero-order chi connectivity index (χ0) is 23.8. The highest BCUT2D eigenvalue weighted by atomic mass is 16.3. The van der Waals surface area contributed by atoms with Gasteiger partial charge in [0.1, 0.15) is 5.76 Å². The fourth-order valence-corrected chi connectivity index (χ4v) is 4.44. The van der Waals surface area contributed by atoms with Gasteiger partial charge in [0.25, 0.3) is 11.7 Å². The van der Waals surface area contributed by atoms with Crippen LogP contribution in [0.1, 0.15) is 63.3 Å². The lowest BCUT2D eigenvalue weighted by Gasteiger charge is -2.26. The monoisotopic (exact) mass is 441 g/mol. The van der Waals surface area contributed by atoms with E-state index in [-0.39, 0.29) is 16.7 Å². The number of aliphatic hydroxyl groups is 1. The summed E-state index contributed by atoms with van der Waals surface area (Å²) >= 11 is 0. The van der Waals surface area contributed by atoms with E-state index in [1.165, 1.54) is 5.56 Å². The number of unbranched alkanes of at least 4 members (excludes halogenated alkanes) is 1. The number of hydrogen-bond donors (Lipinski definition) is 1. The minimum Gasteiger partial charge on any atom is -0.507 e. The van der Waals surface area contributed by atoms with E-state index in [0.717, 1.165) is 29.2 Å². The highest BCUT2D eigenvalue weighted by Crippen LogP contribution is 2.40. The Morgan fingerprint density at radius 1 is 0.939 bits per heavy atom. The van der Waals surface area contributed by atoms with Crippen molar-refractivity contribution in [1.82, 2.24) is 4.90 Å². The molecule has 1 amide bonds. The summed E-state index contributed by atoms with van der Waals surface area (Å²) in [6.45, 7) is 8.97. The van der Waals surface area contributed by atoms with E-state index in [9.17, 15) is 14.7 Å². The van der Waals surface area contributed by atoms with Crippen LogP contribution in [0.4, 0.5) is 0 Å². The van der Waals surface area contributed by atoms with E-state index < -0.39 is 17.7 Å². The van der Waals surface area contributed by atoms with Crippen molar-refractivity contribution in [3.05, 3.63) is 89.0 Å². The van der Waals surface area contributed by atoms with E-state index >= 15 is 0 Å². The predicted octanol–water partition coefficient (Wildman–Crippen LogP) is 6.36. The van der Waals surface area contributed by atoms with Gasteiger partial charge in [0.05, 0.1) is 11.6 Å². The molecule has 1 unspecified atom stereocenters. The molecule has 0 radical (unpaired) electrons. The van der Waals surface area contributed by atoms with Gasteiger partial charge < -0.3 is 10.0 Å². The summed E-state index contributed by atoms with van der Waals surface area (Å²) in [7, 11) is 0. The molecule has 4 rings (SSSR count). The van der Waals surface area contributed by atoms with E-state index in [2.05, 4.69) is 27.7 Å². The van der Waals surface area contributed by atoms with E-state index in [1.54, 1.807) is 11.0 Å². The number of fused-ring (bicyclic) bond motifs is 1. The molecule has 1 fully saturated rings. The second-order valence-electron chi connectivity index (χ2n) is 9.78. The Labute approximate surface area is 195 Å². The van der Waals surface area contributed by atoms with Gasteiger partial charge in [-0.05, 0) is 39.8 Å². The molecular formula is C29H31NO3. The van der Waals surface area contributed by atoms with Crippen LogP contribution in [0.15, 0.2) is 72.3 Å². The van der Waals surface area contributed by atoms with Gasteiger partial charge in [-0.25, -0.2) is 0 Å². The first-order valence-electron chi connectivity index (χ1n) is 11.6. The third kappa shape index (κ3) is 4.30. The zero-order valence-electron chi connectivity index (χ0n) is 19.8. The maximum Gasteiger partial charge on any atom is 0.295 e. The number of likely N-dealkylation sites (tertiary alicyclic amines) is 1. The van der Waals surface area contributed by atoms with Crippen LogP contribution < -0.4 is 0 Å². The van der Waals surface area contributed by atoms with Gasteiger partial charge in [-0.2, -0.15) is 0 Å². The van der Waals surface area contributed by atoms with Gasteiger partial charge in [0, 0.05) is 12.1 Å². The molecule has 1 N–H and O–H groups in total. The normalized spacial score (nSPS) is 18.3. The first kappa shape index (κ1) is 22.8. The number of aliphatic hydroxyl groups excluding tert-OH is 1. The molecule has 3 aromatic carbocycles. The average molecular weight is 442 g/mol. The molecule has 1 aliphatic rings. The van der Waals surface area contributed by atoms with Gasteiger partial charge in [-0.1, -0.05) is 94.8 Å². The Morgan fingerprint density at radius 2 is 1.61 bits per heavy atom. The molecule has 170 valence electrons. The summed E-state index contributed by atoms with van der Waals surface area (Å²) in [6.07, 6.45) is 1.70. The maximum atomic E-state index is 13.2. The molecule has 0 saturated carbocycles. The second-order valence-corrected chi connectivity index (χ2v) is 9.78. The Hall–Kier alpha value is -3.40. The molecule has 1 saturated heterocycles. The lowest BCUT2D eigenvalue weighted by molar-refractivity contribution is -0.139. The molecule has 1 heterocycles. The van der Waals surface area contributed by atoms with Crippen molar-refractivity contribution < 1.29 is 14.7 Å². The largest absolute Gasteiger partial charge is 0.507 e. The third-order valence-electron chi connectivity index (χ3n) is 6.41. The molecule has 0 aromatic heterocycles. The number of carbonyl (C=O) groups excluding carboxylic acids is 2. The molecule has 1 aliphatic heterocycles. The van der Waals surface area contributed by atoms with Gasteiger partial charge in [-0.3, -0.25) is 9.59 Å². The molecule has 0 bridgehead atoms. The van der Waals surface area contributed by atoms with Crippen molar-refractivity contribution in [2.45, 2.75) is 52.0 Å². The Kier molecular flexibility index (Phi) is 6.11. The van der Waals surface area contributed by atoms with Crippen LogP contribution in [-0.2, 0) is 15.0 Å². The lowest BCUT2D eigenvalue weighted by atomic mass is 9.85. The van der Waals surface area contributed by atoms with E-state index in [4.69, 9.17) is 0 Å². The maximum absolute atomic E-state index is 13.2. The van der Waals surface area contributed by atoms with Crippen molar-refractivity contribution in [3.63, 3.8) is 0 Å². The number of hydrogen-bond acceptors (Lipinski definition) is 3. The minimum atomic E-state index is -0.623. The third-order valence-corrected chi connectivity index (χ3v) is 6.41. The van der Waals surface area contributed by atoms with Crippen molar-refractivity contribution in [2.24, 2.45) is 0 Å². The van der Waals surface area contributed by atoms with Crippen molar-refractivity contribution in [1.29, 1.82) is 0 Å². The van der Waals surface area contributed by atoms with Gasteiger partial charge in [-0.15, -0.1) is 0 Å². The zero-order valence-corrected chi connectivity index (χ0v) is 19.8. The number of ketones is 1. The molecule has 3 aromatic rings. The molecule has 0 aliphatic carbocycles. The van der Waals surface area contributed by atoms with Crippen LogP contribution in [0.3, 0.4) is 0 Å². The lowest BCUT2D eigenvalue weighted by Crippen LogP contribution is -2.30. The van der Waals surface area contributed by atoms with Crippen LogP contribution in [0.5, 0.6) is 0 Å². The minimum absolute atomic E-state index is 0.00630. The summed E-state index contributed by atoms with van der Waals surface area (Å²) in [5.41, 5.74) is 2.70. The topological polar surface area (TPSA) is 57.6 Å². The van der Waals surface area contributed by atoms with Crippen molar-refractivity contribution in [3.8, 4) is 0 Å². The summed E-state index contributed by atoms with van der Waals surface area (Å²) in [6, 6.07) is 20.9. The molecule has 4 heteroatoms. The summed E-state index contributed by atoms with van der Waals surface area (Å²) in [5.74, 6) is -1.29. The highest BCUT2D eigenvalue weighted by molar-refractivity contribution is 6.46. The van der Waals surface area contributed by atoms with Crippen LogP contribution in [0.25, 0.3) is 16.5 Å². The Balaban J connectivity index is 1.85. The predicted molar refractivity (Wildman–Crippen MR) is 133 cm³/mol. The highest BCUT2D eigenvalue weighted by Gasteiger charge is 2.45. The summed E-state index contributed by atoms with van der Waals surface area (Å²) in [5, 5.41) is 13.3. The number of carbonyl (C=O) groups is 2. The van der Waals surface area contributed by atoms with Crippen LogP contribution >= 0.6 is 0 Å². The van der Waals surface area contributed by atoms with Crippen molar-refractivity contribution in [2.75, 3.05) is 6.54 Å². The molecular weight excluding hydrogens is 410 g/mol. The Bertz CT molecular complexity index is 1230. The fraction of sp³-hybridized carbons (Fsp3) is 0.310. The molecule has 33 heavy (non-hydrogen) atoms. The van der Waals surface area contributed by atoms with Gasteiger partial charge in [0.2, 0.25) is 0 Å². The fourth-order valence-electron chi connectivity index (χ4n) is 4.44. The van der Waals surface area contributed by atoms with Crippen LogP contribution in [0, 0.1) is 0 Å². The number of Topliss-reactive ketones (excluding diaryl/α,β-unsaturated/α-hetero) is 1. The first-order valence-corrected chi connectivity index (χ1v) is 11.6.